The van der Waals surface area contributed by atoms with Crippen LogP contribution in [0.25, 0.3) is 10.9 Å². The lowest BCUT2D eigenvalue weighted by atomic mass is 9.98. The van der Waals surface area contributed by atoms with E-state index in [-0.39, 0.29) is 11.1 Å². The van der Waals surface area contributed by atoms with Gasteiger partial charge in [0.2, 0.25) is 0 Å². The summed E-state index contributed by atoms with van der Waals surface area (Å²) in [6.07, 6.45) is 2.46. The maximum atomic E-state index is 13.7. The van der Waals surface area contributed by atoms with Crippen LogP contribution in [-0.4, -0.2) is 30.1 Å². The molecule has 5 rings (SSSR count). The van der Waals surface area contributed by atoms with Crippen LogP contribution in [0.5, 0.6) is 0 Å². The third-order valence-electron chi connectivity index (χ3n) is 7.10. The van der Waals surface area contributed by atoms with E-state index >= 15 is 0 Å². The highest BCUT2D eigenvalue weighted by atomic mass is 35.5. The lowest BCUT2D eigenvalue weighted by Gasteiger charge is -2.33. The standard InChI is InChI=1S/C29H31ClN6O2/c1-5-29(3,4)36-27(32-33-34-36)26(24-16-21-15-19(2)8-13-25(21)31-28(24)37)35(18-23-7-6-14-38-23)17-20-9-11-22(30)12-10-20/h6-16,26H,5,17-18H2,1-4H3,(H,31,37)/t26-/m0/s1. The van der Waals surface area contributed by atoms with Crippen molar-refractivity contribution >= 4 is 22.5 Å². The molecule has 9 heteroatoms. The summed E-state index contributed by atoms with van der Waals surface area (Å²) in [5, 5.41) is 14.6. The van der Waals surface area contributed by atoms with E-state index in [2.05, 4.69) is 52.2 Å². The Balaban J connectivity index is 1.73. The largest absolute Gasteiger partial charge is 0.468 e. The topological polar surface area (TPSA) is 92.8 Å². The van der Waals surface area contributed by atoms with Crippen LogP contribution in [0, 0.1) is 6.92 Å². The number of H-pyrrole nitrogens is 1. The van der Waals surface area contributed by atoms with Crippen LogP contribution < -0.4 is 5.56 Å². The molecule has 38 heavy (non-hydrogen) atoms. The first-order valence-electron chi connectivity index (χ1n) is 12.7. The Morgan fingerprint density at radius 2 is 1.89 bits per heavy atom. The van der Waals surface area contributed by atoms with Crippen LogP contribution in [0.2, 0.25) is 5.02 Å². The molecule has 0 saturated heterocycles. The molecule has 3 aromatic heterocycles. The van der Waals surface area contributed by atoms with Crippen molar-refractivity contribution in [3.05, 3.63) is 111 Å². The maximum Gasteiger partial charge on any atom is 0.253 e. The van der Waals surface area contributed by atoms with E-state index in [1.807, 2.05) is 66.2 Å². The Morgan fingerprint density at radius 3 is 2.61 bits per heavy atom. The van der Waals surface area contributed by atoms with Gasteiger partial charge in [-0.2, -0.15) is 0 Å². The van der Waals surface area contributed by atoms with Gasteiger partial charge in [0.15, 0.2) is 5.82 Å². The van der Waals surface area contributed by atoms with E-state index < -0.39 is 6.04 Å². The molecule has 0 saturated carbocycles. The highest BCUT2D eigenvalue weighted by Gasteiger charge is 2.35. The van der Waals surface area contributed by atoms with Gasteiger partial charge in [0, 0.05) is 22.6 Å². The molecule has 0 amide bonds. The summed E-state index contributed by atoms with van der Waals surface area (Å²) in [5.41, 5.74) is 2.94. The molecule has 1 atom stereocenters. The fourth-order valence-electron chi connectivity index (χ4n) is 4.66. The number of fused-ring (bicyclic) bond motifs is 1. The number of furan rings is 1. The lowest BCUT2D eigenvalue weighted by Crippen LogP contribution is -2.38. The Labute approximate surface area is 226 Å². The minimum Gasteiger partial charge on any atom is -0.468 e. The molecule has 3 heterocycles. The number of rotatable bonds is 9. The molecule has 0 bridgehead atoms. The SMILES string of the molecule is CCC(C)(C)n1nnnc1[C@H](c1cc2cc(C)ccc2[nH]c1=O)N(Cc1ccc(Cl)cc1)Cc1ccco1. The number of benzene rings is 2. The average Bonchev–Trinajstić information content (AvgIpc) is 3.59. The molecule has 2 aromatic carbocycles. The van der Waals surface area contributed by atoms with Gasteiger partial charge in [-0.1, -0.05) is 42.3 Å². The van der Waals surface area contributed by atoms with Gasteiger partial charge in [-0.3, -0.25) is 9.69 Å². The van der Waals surface area contributed by atoms with E-state index in [1.54, 1.807) is 6.26 Å². The maximum absolute atomic E-state index is 13.7. The Kier molecular flexibility index (Phi) is 7.19. The number of nitrogens with zero attached hydrogens (tertiary/aromatic N) is 5. The minimum atomic E-state index is -0.565. The summed E-state index contributed by atoms with van der Waals surface area (Å²) in [5.74, 6) is 1.36. The summed E-state index contributed by atoms with van der Waals surface area (Å²) in [6, 6.07) is 18.9. The average molecular weight is 531 g/mol. The fourth-order valence-corrected chi connectivity index (χ4v) is 4.78. The summed E-state index contributed by atoms with van der Waals surface area (Å²) >= 11 is 6.18. The number of halogens is 1. The number of tetrazole rings is 1. The van der Waals surface area contributed by atoms with E-state index in [4.69, 9.17) is 16.0 Å². The molecule has 0 fully saturated rings. The quantitative estimate of drug-likeness (QED) is 0.251. The van der Waals surface area contributed by atoms with Gasteiger partial charge in [-0.05, 0) is 91.0 Å². The monoisotopic (exact) mass is 530 g/mol. The van der Waals surface area contributed by atoms with Crippen LogP contribution in [0.4, 0.5) is 0 Å². The van der Waals surface area contributed by atoms with Gasteiger partial charge < -0.3 is 9.40 Å². The summed E-state index contributed by atoms with van der Waals surface area (Å²) < 4.78 is 7.59. The van der Waals surface area contributed by atoms with Crippen molar-refractivity contribution in [3.63, 3.8) is 0 Å². The number of aryl methyl sites for hydroxylation is 1. The number of aromatic amines is 1. The zero-order valence-electron chi connectivity index (χ0n) is 22.0. The van der Waals surface area contributed by atoms with E-state index in [9.17, 15) is 4.79 Å². The summed E-state index contributed by atoms with van der Waals surface area (Å²) in [4.78, 5) is 18.9. The molecule has 8 nitrogen and oxygen atoms in total. The summed E-state index contributed by atoms with van der Waals surface area (Å²) in [6.45, 7) is 9.26. The number of hydrogen-bond donors (Lipinski definition) is 1. The van der Waals surface area contributed by atoms with Crippen molar-refractivity contribution in [2.45, 2.75) is 58.8 Å². The van der Waals surface area contributed by atoms with E-state index in [0.29, 0.717) is 29.5 Å². The van der Waals surface area contributed by atoms with Crippen molar-refractivity contribution in [1.29, 1.82) is 0 Å². The number of pyridine rings is 1. The van der Waals surface area contributed by atoms with Crippen molar-refractivity contribution in [2.24, 2.45) is 0 Å². The normalized spacial score (nSPS) is 12.9. The number of nitrogens with one attached hydrogen (secondary N) is 1. The molecule has 0 aliphatic heterocycles. The first-order chi connectivity index (χ1) is 18.2. The smallest absolute Gasteiger partial charge is 0.253 e. The van der Waals surface area contributed by atoms with E-state index in [1.165, 1.54) is 0 Å². The highest BCUT2D eigenvalue weighted by Crippen LogP contribution is 2.33. The molecule has 1 N–H and O–H groups in total. The lowest BCUT2D eigenvalue weighted by molar-refractivity contribution is 0.168. The van der Waals surface area contributed by atoms with E-state index in [0.717, 1.165) is 34.2 Å². The van der Waals surface area contributed by atoms with Gasteiger partial charge in [0.05, 0.1) is 18.3 Å². The zero-order valence-corrected chi connectivity index (χ0v) is 22.7. The van der Waals surface area contributed by atoms with Crippen molar-refractivity contribution < 1.29 is 4.42 Å². The van der Waals surface area contributed by atoms with Crippen LogP contribution in [0.15, 0.2) is 76.1 Å². The molecule has 0 aliphatic carbocycles. The van der Waals surface area contributed by atoms with Gasteiger partial charge in [-0.25, -0.2) is 4.68 Å². The van der Waals surface area contributed by atoms with Crippen LogP contribution in [0.3, 0.4) is 0 Å². The summed E-state index contributed by atoms with van der Waals surface area (Å²) in [7, 11) is 0. The second-order valence-electron chi connectivity index (χ2n) is 10.3. The molecule has 0 aliphatic rings. The molecule has 5 aromatic rings. The number of hydrogen-bond acceptors (Lipinski definition) is 6. The Hall–Kier alpha value is -3.75. The molecule has 0 spiro atoms. The fraction of sp³-hybridized carbons (Fsp3) is 0.310. The molecular formula is C29H31ClN6O2. The zero-order chi connectivity index (χ0) is 26.9. The predicted octanol–water partition coefficient (Wildman–Crippen LogP) is 6.01. The number of aromatic nitrogens is 5. The van der Waals surface area contributed by atoms with Crippen molar-refractivity contribution in [1.82, 2.24) is 30.1 Å². The first kappa shape index (κ1) is 25.9. The van der Waals surface area contributed by atoms with Gasteiger partial charge in [-0.15, -0.1) is 5.10 Å². The second kappa shape index (κ2) is 10.6. The Morgan fingerprint density at radius 1 is 1.11 bits per heavy atom. The molecule has 0 unspecified atom stereocenters. The second-order valence-corrected chi connectivity index (χ2v) is 10.7. The van der Waals surface area contributed by atoms with Crippen molar-refractivity contribution in [3.8, 4) is 0 Å². The highest BCUT2D eigenvalue weighted by molar-refractivity contribution is 6.30. The molecular weight excluding hydrogens is 500 g/mol. The third-order valence-corrected chi connectivity index (χ3v) is 7.35. The molecule has 0 radical (unpaired) electrons. The van der Waals surface area contributed by atoms with Crippen LogP contribution in [-0.2, 0) is 18.6 Å². The van der Waals surface area contributed by atoms with Gasteiger partial charge in [0.25, 0.3) is 5.56 Å². The van der Waals surface area contributed by atoms with Gasteiger partial charge in [0.1, 0.15) is 11.8 Å². The molecule has 196 valence electrons. The van der Waals surface area contributed by atoms with Crippen LogP contribution in [0.1, 0.15) is 61.5 Å². The first-order valence-corrected chi connectivity index (χ1v) is 13.1. The van der Waals surface area contributed by atoms with Crippen LogP contribution >= 0.6 is 11.6 Å². The predicted molar refractivity (Wildman–Crippen MR) is 148 cm³/mol. The third kappa shape index (κ3) is 5.28. The Bertz CT molecular complexity index is 1590. The minimum absolute atomic E-state index is 0.184. The van der Waals surface area contributed by atoms with Gasteiger partial charge >= 0.3 is 0 Å². The van der Waals surface area contributed by atoms with Crippen molar-refractivity contribution in [2.75, 3.05) is 0 Å².